The molecule has 1 aliphatic rings. The molecule has 0 saturated heterocycles. The summed E-state index contributed by atoms with van der Waals surface area (Å²) in [5.41, 5.74) is 3.05. The van der Waals surface area contributed by atoms with Crippen molar-refractivity contribution in [3.8, 4) is 5.75 Å². The number of aliphatic imine (C=N–C) groups is 2. The molecule has 2 aromatic carbocycles. The Hall–Kier alpha value is -3.06. The lowest BCUT2D eigenvalue weighted by atomic mass is 10.1. The molecular formula is C25H31ClN4O3. The highest BCUT2D eigenvalue weighted by atomic mass is 35.5. The van der Waals surface area contributed by atoms with Gasteiger partial charge in [0.1, 0.15) is 5.75 Å². The van der Waals surface area contributed by atoms with Gasteiger partial charge >= 0.3 is 5.97 Å². The molecule has 1 heterocycles. The van der Waals surface area contributed by atoms with E-state index in [1.54, 1.807) is 19.3 Å². The fourth-order valence-electron chi connectivity index (χ4n) is 3.29. The molecule has 0 aromatic heterocycles. The first-order chi connectivity index (χ1) is 15.8. The summed E-state index contributed by atoms with van der Waals surface area (Å²) in [6, 6.07) is 13.8. The molecule has 176 valence electrons. The first-order valence-corrected chi connectivity index (χ1v) is 11.5. The molecule has 0 unspecified atom stereocenters. The van der Waals surface area contributed by atoms with E-state index in [0.29, 0.717) is 55.2 Å². The first-order valence-electron chi connectivity index (χ1n) is 11.1. The predicted molar refractivity (Wildman–Crippen MR) is 132 cm³/mol. The number of carbonyl (C=O) groups is 1. The zero-order chi connectivity index (χ0) is 23.8. The topological polar surface area (TPSA) is 66.7 Å². The number of rotatable bonds is 9. The van der Waals surface area contributed by atoms with Crippen LogP contribution in [-0.2, 0) is 16.1 Å². The third kappa shape index (κ3) is 7.49. The van der Waals surface area contributed by atoms with Gasteiger partial charge in [-0.3, -0.25) is 4.79 Å². The van der Waals surface area contributed by atoms with Crippen molar-refractivity contribution >= 4 is 35.6 Å². The largest absolute Gasteiger partial charge is 0.489 e. The number of hydrogen-bond acceptors (Lipinski definition) is 5. The normalized spacial score (nSPS) is 14.8. The lowest BCUT2D eigenvalue weighted by Gasteiger charge is -2.33. The average Bonchev–Trinajstić information content (AvgIpc) is 2.77. The van der Waals surface area contributed by atoms with Crippen LogP contribution >= 0.6 is 11.6 Å². The molecule has 7 nitrogen and oxygen atoms in total. The predicted octanol–water partition coefficient (Wildman–Crippen LogP) is 5.18. The van der Waals surface area contributed by atoms with Crippen molar-refractivity contribution in [3.05, 3.63) is 58.6 Å². The second-order valence-electron chi connectivity index (χ2n) is 8.13. The minimum atomic E-state index is -0.214. The van der Waals surface area contributed by atoms with Crippen LogP contribution < -0.4 is 4.74 Å². The number of carbonyl (C=O) groups excluding carboxylic acids is 1. The first kappa shape index (κ1) is 24.6. The van der Waals surface area contributed by atoms with Gasteiger partial charge in [-0.1, -0.05) is 41.4 Å². The molecule has 0 bridgehead atoms. The monoisotopic (exact) mass is 470 g/mol. The second kappa shape index (κ2) is 11.7. The van der Waals surface area contributed by atoms with Gasteiger partial charge in [0.05, 0.1) is 42.8 Å². The molecule has 0 saturated carbocycles. The van der Waals surface area contributed by atoms with Gasteiger partial charge in [0.15, 0.2) is 0 Å². The molecule has 0 spiro atoms. The molecule has 2 aromatic rings. The summed E-state index contributed by atoms with van der Waals surface area (Å²) in [6.07, 6.45) is 2.06. The van der Waals surface area contributed by atoms with Crippen LogP contribution in [0, 0.1) is 6.92 Å². The minimum Gasteiger partial charge on any atom is -0.489 e. The van der Waals surface area contributed by atoms with E-state index in [1.165, 1.54) is 5.56 Å². The van der Waals surface area contributed by atoms with Gasteiger partial charge in [-0.05, 0) is 51.5 Å². The van der Waals surface area contributed by atoms with Crippen LogP contribution in [0.2, 0.25) is 5.02 Å². The van der Waals surface area contributed by atoms with Crippen molar-refractivity contribution in [2.24, 2.45) is 9.98 Å². The standard InChI is InChI=1S/C25H31ClN4O3/c1-5-32-24(31)12-13-29-16-27-25(30(17-29)15-20-8-6-19(4)7-9-20)28-21-10-11-23(22(26)14-21)33-18(2)3/h6-11,14,16,18H,5,12-13,15,17H2,1-4H3. The number of ether oxygens (including phenoxy) is 2. The fourth-order valence-corrected chi connectivity index (χ4v) is 3.51. The third-order valence-electron chi connectivity index (χ3n) is 4.88. The quantitative estimate of drug-likeness (QED) is 0.472. The van der Waals surface area contributed by atoms with Crippen LogP contribution in [0.1, 0.15) is 38.3 Å². The van der Waals surface area contributed by atoms with Gasteiger partial charge in [-0.25, -0.2) is 9.98 Å². The van der Waals surface area contributed by atoms with E-state index in [9.17, 15) is 4.79 Å². The highest BCUT2D eigenvalue weighted by molar-refractivity contribution is 6.32. The Bertz CT molecular complexity index is 1010. The van der Waals surface area contributed by atoms with Crippen LogP contribution in [0.4, 0.5) is 5.69 Å². The number of nitrogens with zero attached hydrogens (tertiary/aromatic N) is 4. The van der Waals surface area contributed by atoms with Crippen molar-refractivity contribution in [2.45, 2.75) is 46.8 Å². The van der Waals surface area contributed by atoms with Crippen molar-refractivity contribution in [3.63, 3.8) is 0 Å². The maximum atomic E-state index is 11.8. The van der Waals surface area contributed by atoms with E-state index in [1.807, 2.05) is 30.9 Å². The summed E-state index contributed by atoms with van der Waals surface area (Å²) in [5.74, 6) is 0.995. The molecule has 0 amide bonds. The molecule has 0 radical (unpaired) electrons. The summed E-state index contributed by atoms with van der Waals surface area (Å²) in [7, 11) is 0. The Morgan fingerprint density at radius 2 is 1.97 bits per heavy atom. The summed E-state index contributed by atoms with van der Waals surface area (Å²) in [5, 5.41) is 0.506. The highest BCUT2D eigenvalue weighted by Crippen LogP contribution is 2.30. The maximum Gasteiger partial charge on any atom is 0.307 e. The minimum absolute atomic E-state index is 0.0354. The summed E-state index contributed by atoms with van der Waals surface area (Å²) in [6.45, 7) is 9.87. The van der Waals surface area contributed by atoms with Crippen LogP contribution in [0.15, 0.2) is 52.4 Å². The highest BCUT2D eigenvalue weighted by Gasteiger charge is 2.20. The van der Waals surface area contributed by atoms with Gasteiger partial charge in [-0.2, -0.15) is 0 Å². The SMILES string of the molecule is CCOC(=O)CCN1C=NC(=Nc2ccc(OC(C)C)c(Cl)c2)N(Cc2ccc(C)cc2)C1. The Kier molecular flexibility index (Phi) is 8.72. The zero-order valence-corrected chi connectivity index (χ0v) is 20.4. The molecular weight excluding hydrogens is 440 g/mol. The van der Waals surface area contributed by atoms with Crippen molar-refractivity contribution in [1.82, 2.24) is 9.80 Å². The van der Waals surface area contributed by atoms with Gasteiger partial charge in [0.2, 0.25) is 5.96 Å². The second-order valence-corrected chi connectivity index (χ2v) is 8.54. The van der Waals surface area contributed by atoms with Crippen molar-refractivity contribution < 1.29 is 14.3 Å². The Morgan fingerprint density at radius 1 is 1.21 bits per heavy atom. The van der Waals surface area contributed by atoms with Crippen molar-refractivity contribution in [2.75, 3.05) is 19.8 Å². The zero-order valence-electron chi connectivity index (χ0n) is 19.6. The summed E-state index contributed by atoms with van der Waals surface area (Å²) in [4.78, 5) is 25.1. The Morgan fingerprint density at radius 3 is 2.64 bits per heavy atom. The number of hydrogen-bond donors (Lipinski definition) is 0. The van der Waals surface area contributed by atoms with Gasteiger partial charge in [-0.15, -0.1) is 0 Å². The van der Waals surface area contributed by atoms with E-state index >= 15 is 0 Å². The number of aryl methyl sites for hydroxylation is 1. The van der Waals surface area contributed by atoms with E-state index in [2.05, 4.69) is 41.1 Å². The lowest BCUT2D eigenvalue weighted by Crippen LogP contribution is -2.44. The van der Waals surface area contributed by atoms with E-state index in [4.69, 9.17) is 26.1 Å². The van der Waals surface area contributed by atoms with E-state index < -0.39 is 0 Å². The number of benzene rings is 2. The Balaban J connectivity index is 1.81. The van der Waals surface area contributed by atoms with Gasteiger partial charge in [0, 0.05) is 13.1 Å². The van der Waals surface area contributed by atoms with Crippen molar-refractivity contribution in [1.29, 1.82) is 0 Å². The molecule has 1 aliphatic heterocycles. The molecule has 8 heteroatoms. The lowest BCUT2D eigenvalue weighted by molar-refractivity contribution is -0.143. The average molecular weight is 471 g/mol. The van der Waals surface area contributed by atoms with Gasteiger partial charge in [0.25, 0.3) is 0 Å². The van der Waals surface area contributed by atoms with Crippen LogP contribution in [0.25, 0.3) is 0 Å². The van der Waals surface area contributed by atoms with Crippen LogP contribution in [-0.4, -0.2) is 54.0 Å². The molecule has 0 atom stereocenters. The third-order valence-corrected chi connectivity index (χ3v) is 5.18. The number of halogens is 1. The smallest absolute Gasteiger partial charge is 0.307 e. The summed E-state index contributed by atoms with van der Waals surface area (Å²) < 4.78 is 10.8. The number of guanidine groups is 1. The fraction of sp³-hybridized carbons (Fsp3) is 0.400. The van der Waals surface area contributed by atoms with E-state index in [0.717, 1.165) is 5.56 Å². The van der Waals surface area contributed by atoms with Crippen LogP contribution in [0.3, 0.4) is 0 Å². The Labute approximate surface area is 200 Å². The molecule has 33 heavy (non-hydrogen) atoms. The maximum absolute atomic E-state index is 11.8. The molecule has 0 N–H and O–H groups in total. The van der Waals surface area contributed by atoms with Crippen LogP contribution in [0.5, 0.6) is 5.75 Å². The summed E-state index contributed by atoms with van der Waals surface area (Å²) >= 11 is 6.39. The molecule has 0 aliphatic carbocycles. The van der Waals surface area contributed by atoms with E-state index in [-0.39, 0.29) is 12.1 Å². The number of esters is 1. The molecule has 3 rings (SSSR count). The van der Waals surface area contributed by atoms with Gasteiger partial charge < -0.3 is 19.3 Å². The molecule has 0 fully saturated rings.